The molecule has 0 radical (unpaired) electrons. The average molecular weight is 276 g/mol. The van der Waals surface area contributed by atoms with Gasteiger partial charge < -0.3 is 19.4 Å². The lowest BCUT2D eigenvalue weighted by Crippen LogP contribution is -2.05. The lowest BCUT2D eigenvalue weighted by atomic mass is 10.2. The summed E-state index contributed by atoms with van der Waals surface area (Å²) in [6.45, 7) is 2.28. The number of carbonyl (C=O) groups is 1. The third-order valence-corrected chi connectivity index (χ3v) is 2.82. The molecule has 1 atom stereocenters. The molecule has 0 aliphatic rings. The topological polar surface area (TPSA) is 79.9 Å². The highest BCUT2D eigenvalue weighted by Crippen LogP contribution is 2.20. The fraction of sp³-hybridized carbons (Fsp3) is 0.267. The first-order valence-corrected chi connectivity index (χ1v) is 6.27. The second-order valence-electron chi connectivity index (χ2n) is 4.48. The van der Waals surface area contributed by atoms with Crippen LogP contribution in [0.25, 0.3) is 0 Å². The first-order chi connectivity index (χ1) is 9.56. The van der Waals surface area contributed by atoms with E-state index < -0.39 is 12.1 Å². The molecule has 0 aliphatic heterocycles. The molecule has 1 aromatic heterocycles. The number of ether oxygens (including phenoxy) is 1. The van der Waals surface area contributed by atoms with Gasteiger partial charge in [0.05, 0.1) is 6.61 Å². The highest BCUT2D eigenvalue weighted by molar-refractivity contribution is 5.84. The molecule has 5 heteroatoms. The van der Waals surface area contributed by atoms with Gasteiger partial charge in [-0.05, 0) is 36.8 Å². The summed E-state index contributed by atoms with van der Waals surface area (Å²) >= 11 is 0. The van der Waals surface area contributed by atoms with Crippen LogP contribution < -0.4 is 4.74 Å². The lowest BCUT2D eigenvalue weighted by molar-refractivity contribution is 0.0647. The van der Waals surface area contributed by atoms with Crippen molar-refractivity contribution in [3.8, 4) is 5.75 Å². The van der Waals surface area contributed by atoms with Gasteiger partial charge in [-0.3, -0.25) is 0 Å². The van der Waals surface area contributed by atoms with Gasteiger partial charge in [0.15, 0.2) is 0 Å². The quantitative estimate of drug-likeness (QED) is 0.848. The zero-order valence-electron chi connectivity index (χ0n) is 11.1. The van der Waals surface area contributed by atoms with Crippen molar-refractivity contribution >= 4 is 5.97 Å². The van der Waals surface area contributed by atoms with E-state index in [0.29, 0.717) is 13.0 Å². The molecule has 106 valence electrons. The molecule has 0 saturated heterocycles. The van der Waals surface area contributed by atoms with Crippen LogP contribution >= 0.6 is 0 Å². The maximum Gasteiger partial charge on any atom is 0.371 e. The van der Waals surface area contributed by atoms with Gasteiger partial charge in [-0.15, -0.1) is 0 Å². The van der Waals surface area contributed by atoms with E-state index in [0.717, 1.165) is 11.3 Å². The molecule has 2 aromatic rings. The molecular formula is C15H16O5. The Bertz CT molecular complexity index is 587. The Balaban J connectivity index is 1.85. The summed E-state index contributed by atoms with van der Waals surface area (Å²) in [4.78, 5) is 10.7. The molecule has 0 amide bonds. The zero-order valence-corrected chi connectivity index (χ0v) is 11.1. The SMILES string of the molecule is Cc1cccc(OCCC(O)c2ccc(C(=O)O)o2)c1. The summed E-state index contributed by atoms with van der Waals surface area (Å²) in [6.07, 6.45) is -0.562. The van der Waals surface area contributed by atoms with E-state index in [1.54, 1.807) is 0 Å². The van der Waals surface area contributed by atoms with Gasteiger partial charge in [0.25, 0.3) is 0 Å². The number of benzene rings is 1. The molecule has 0 aliphatic carbocycles. The zero-order chi connectivity index (χ0) is 14.5. The standard InChI is InChI=1S/C15H16O5/c1-10-3-2-4-11(9-10)19-8-7-12(16)13-5-6-14(20-13)15(17)18/h2-6,9,12,16H,7-8H2,1H3,(H,17,18). The van der Waals surface area contributed by atoms with E-state index in [-0.39, 0.29) is 11.5 Å². The predicted molar refractivity (Wildman–Crippen MR) is 71.9 cm³/mol. The number of carboxylic acids is 1. The molecule has 0 fully saturated rings. The second-order valence-corrected chi connectivity index (χ2v) is 4.48. The Kier molecular flexibility index (Phi) is 4.42. The third-order valence-electron chi connectivity index (χ3n) is 2.82. The average Bonchev–Trinajstić information content (AvgIpc) is 2.88. The normalized spacial score (nSPS) is 12.1. The van der Waals surface area contributed by atoms with Crippen LogP contribution in [0.2, 0.25) is 0 Å². The monoisotopic (exact) mass is 276 g/mol. The predicted octanol–water partition coefficient (Wildman–Crippen LogP) is 2.79. The lowest BCUT2D eigenvalue weighted by Gasteiger charge is -2.10. The summed E-state index contributed by atoms with van der Waals surface area (Å²) < 4.78 is 10.5. The van der Waals surface area contributed by atoms with Crippen LogP contribution in [0.1, 0.15) is 34.4 Å². The van der Waals surface area contributed by atoms with Crippen molar-refractivity contribution in [1.82, 2.24) is 0 Å². The molecule has 1 heterocycles. The molecule has 0 bridgehead atoms. The number of aliphatic hydroxyl groups excluding tert-OH is 1. The van der Waals surface area contributed by atoms with Gasteiger partial charge >= 0.3 is 5.97 Å². The fourth-order valence-corrected chi connectivity index (χ4v) is 1.78. The second kappa shape index (κ2) is 6.25. The molecule has 1 aromatic carbocycles. The van der Waals surface area contributed by atoms with E-state index in [1.165, 1.54) is 12.1 Å². The summed E-state index contributed by atoms with van der Waals surface area (Å²) in [7, 11) is 0. The smallest absolute Gasteiger partial charge is 0.371 e. The number of hydrogen-bond acceptors (Lipinski definition) is 4. The summed E-state index contributed by atoms with van der Waals surface area (Å²) in [5.41, 5.74) is 1.10. The van der Waals surface area contributed by atoms with Crippen LogP contribution in [0, 0.1) is 6.92 Å². The number of carboxylic acid groups (broad SMARTS) is 1. The minimum absolute atomic E-state index is 0.182. The van der Waals surface area contributed by atoms with Crippen molar-refractivity contribution < 1.29 is 24.2 Å². The van der Waals surface area contributed by atoms with E-state index >= 15 is 0 Å². The Morgan fingerprint density at radius 2 is 2.15 bits per heavy atom. The largest absolute Gasteiger partial charge is 0.493 e. The summed E-state index contributed by atoms with van der Waals surface area (Å²) in [5.74, 6) is -0.365. The molecule has 2 N–H and O–H groups in total. The fourth-order valence-electron chi connectivity index (χ4n) is 1.78. The van der Waals surface area contributed by atoms with Gasteiger partial charge in [-0.1, -0.05) is 12.1 Å². The Labute approximate surface area is 116 Å². The van der Waals surface area contributed by atoms with Gasteiger partial charge in [-0.2, -0.15) is 0 Å². The third kappa shape index (κ3) is 3.61. The summed E-state index contributed by atoms with van der Waals surface area (Å²) in [6, 6.07) is 10.4. The highest BCUT2D eigenvalue weighted by atomic mass is 16.5. The van der Waals surface area contributed by atoms with Gasteiger partial charge in [0.1, 0.15) is 17.6 Å². The van der Waals surface area contributed by atoms with Crippen LogP contribution in [-0.2, 0) is 0 Å². The first kappa shape index (κ1) is 14.1. The number of rotatable bonds is 6. The maximum atomic E-state index is 10.7. The van der Waals surface area contributed by atoms with Crippen molar-refractivity contribution in [1.29, 1.82) is 0 Å². The first-order valence-electron chi connectivity index (χ1n) is 6.27. The van der Waals surface area contributed by atoms with Crippen LogP contribution in [0.4, 0.5) is 0 Å². The molecule has 0 saturated carbocycles. The van der Waals surface area contributed by atoms with E-state index in [4.69, 9.17) is 14.3 Å². The van der Waals surface area contributed by atoms with Crippen LogP contribution in [0.3, 0.4) is 0 Å². The Morgan fingerprint density at radius 1 is 1.35 bits per heavy atom. The summed E-state index contributed by atoms with van der Waals surface area (Å²) in [5, 5.41) is 18.6. The molecule has 5 nitrogen and oxygen atoms in total. The minimum atomic E-state index is -1.15. The van der Waals surface area contributed by atoms with Crippen LogP contribution in [0.5, 0.6) is 5.75 Å². The molecule has 2 rings (SSSR count). The van der Waals surface area contributed by atoms with Crippen molar-refractivity contribution in [2.45, 2.75) is 19.4 Å². The van der Waals surface area contributed by atoms with Gasteiger partial charge in [-0.25, -0.2) is 4.79 Å². The van der Waals surface area contributed by atoms with E-state index in [2.05, 4.69) is 0 Å². The van der Waals surface area contributed by atoms with Gasteiger partial charge in [0.2, 0.25) is 5.76 Å². The van der Waals surface area contributed by atoms with Crippen molar-refractivity contribution in [2.75, 3.05) is 6.61 Å². The molecule has 20 heavy (non-hydrogen) atoms. The number of aromatic carboxylic acids is 1. The van der Waals surface area contributed by atoms with Crippen LogP contribution in [0.15, 0.2) is 40.8 Å². The Hall–Kier alpha value is -2.27. The van der Waals surface area contributed by atoms with Crippen LogP contribution in [-0.4, -0.2) is 22.8 Å². The van der Waals surface area contributed by atoms with Crippen molar-refractivity contribution in [2.24, 2.45) is 0 Å². The highest BCUT2D eigenvalue weighted by Gasteiger charge is 2.15. The maximum absolute atomic E-state index is 10.7. The number of hydrogen-bond donors (Lipinski definition) is 2. The number of furan rings is 1. The van der Waals surface area contributed by atoms with E-state index in [1.807, 2.05) is 31.2 Å². The Morgan fingerprint density at radius 3 is 2.80 bits per heavy atom. The molecular weight excluding hydrogens is 260 g/mol. The van der Waals surface area contributed by atoms with E-state index in [9.17, 15) is 9.90 Å². The number of aryl methyl sites for hydroxylation is 1. The number of aliphatic hydroxyl groups is 1. The minimum Gasteiger partial charge on any atom is -0.493 e. The molecule has 0 spiro atoms. The van der Waals surface area contributed by atoms with Crippen molar-refractivity contribution in [3.63, 3.8) is 0 Å². The molecule has 1 unspecified atom stereocenters. The van der Waals surface area contributed by atoms with Gasteiger partial charge in [0, 0.05) is 6.42 Å². The van der Waals surface area contributed by atoms with Crippen molar-refractivity contribution in [3.05, 3.63) is 53.5 Å².